The van der Waals surface area contributed by atoms with Crippen LogP contribution in [0.4, 0.5) is 0 Å². The van der Waals surface area contributed by atoms with Crippen molar-refractivity contribution < 1.29 is 4.74 Å². The summed E-state index contributed by atoms with van der Waals surface area (Å²) in [5, 5.41) is 3.26. The number of nitrogens with zero attached hydrogens (tertiary/aromatic N) is 1. The van der Waals surface area contributed by atoms with E-state index in [1.54, 1.807) is 0 Å². The van der Waals surface area contributed by atoms with Gasteiger partial charge in [0.1, 0.15) is 0 Å². The molecule has 1 unspecified atom stereocenters. The molecule has 2 rings (SSSR count). The molecular weight excluding hydrogens is 188 g/mol. The molecule has 0 saturated carbocycles. The molecule has 0 radical (unpaired) electrons. The Hall–Kier alpha value is -0.120. The maximum atomic E-state index is 5.89. The molecule has 0 spiro atoms. The van der Waals surface area contributed by atoms with Crippen LogP contribution in [-0.4, -0.2) is 49.8 Å². The van der Waals surface area contributed by atoms with Gasteiger partial charge >= 0.3 is 0 Å². The van der Waals surface area contributed by atoms with E-state index in [-0.39, 0.29) is 5.60 Å². The van der Waals surface area contributed by atoms with Gasteiger partial charge in [-0.25, -0.2) is 0 Å². The van der Waals surface area contributed by atoms with Crippen molar-refractivity contribution in [2.24, 2.45) is 5.92 Å². The highest BCUT2D eigenvalue weighted by atomic mass is 16.5. The Kier molecular flexibility index (Phi) is 3.65. The van der Waals surface area contributed by atoms with Crippen molar-refractivity contribution in [1.29, 1.82) is 0 Å². The topological polar surface area (TPSA) is 24.5 Å². The number of ether oxygens (including phenoxy) is 1. The quantitative estimate of drug-likeness (QED) is 0.738. The van der Waals surface area contributed by atoms with Crippen LogP contribution in [0.3, 0.4) is 0 Å². The van der Waals surface area contributed by atoms with Gasteiger partial charge in [-0.1, -0.05) is 13.3 Å². The van der Waals surface area contributed by atoms with E-state index in [9.17, 15) is 0 Å². The predicted molar refractivity (Wildman–Crippen MR) is 62.1 cm³/mol. The normalized spacial score (nSPS) is 30.4. The molecule has 2 heterocycles. The average molecular weight is 212 g/mol. The predicted octanol–water partition coefficient (Wildman–Crippen LogP) is 1.10. The van der Waals surface area contributed by atoms with Gasteiger partial charge in [0.15, 0.2) is 0 Å². The Labute approximate surface area is 93.2 Å². The summed E-state index contributed by atoms with van der Waals surface area (Å²) in [4.78, 5) is 2.55. The molecule has 3 nitrogen and oxygen atoms in total. The van der Waals surface area contributed by atoms with Gasteiger partial charge in [-0.05, 0) is 25.8 Å². The minimum absolute atomic E-state index is 0.129. The number of hydrogen-bond acceptors (Lipinski definition) is 3. The van der Waals surface area contributed by atoms with Crippen molar-refractivity contribution in [1.82, 2.24) is 10.2 Å². The molecule has 0 aliphatic carbocycles. The summed E-state index contributed by atoms with van der Waals surface area (Å²) in [5.41, 5.74) is 0.129. The second-order valence-electron chi connectivity index (χ2n) is 5.27. The Morgan fingerprint density at radius 3 is 2.80 bits per heavy atom. The largest absolute Gasteiger partial charge is 0.371 e. The van der Waals surface area contributed by atoms with Crippen molar-refractivity contribution in [3.8, 4) is 0 Å². The molecule has 2 aliphatic heterocycles. The van der Waals surface area contributed by atoms with Crippen LogP contribution in [0, 0.1) is 5.92 Å². The van der Waals surface area contributed by atoms with Gasteiger partial charge in [-0.15, -0.1) is 0 Å². The van der Waals surface area contributed by atoms with Gasteiger partial charge < -0.3 is 15.0 Å². The van der Waals surface area contributed by atoms with Crippen molar-refractivity contribution >= 4 is 0 Å². The van der Waals surface area contributed by atoms with E-state index in [0.29, 0.717) is 0 Å². The minimum Gasteiger partial charge on any atom is -0.371 e. The number of nitrogens with one attached hydrogen (secondary N) is 1. The van der Waals surface area contributed by atoms with Gasteiger partial charge in [0.05, 0.1) is 12.2 Å². The monoisotopic (exact) mass is 212 g/mol. The third-order valence-corrected chi connectivity index (χ3v) is 3.80. The maximum Gasteiger partial charge on any atom is 0.0902 e. The summed E-state index contributed by atoms with van der Waals surface area (Å²) in [5.74, 6) is 0.936. The zero-order valence-corrected chi connectivity index (χ0v) is 10.1. The second kappa shape index (κ2) is 4.81. The van der Waals surface area contributed by atoms with Crippen LogP contribution in [0.2, 0.25) is 0 Å². The Bertz CT molecular complexity index is 204. The fourth-order valence-corrected chi connectivity index (χ4v) is 2.45. The number of hydrogen-bond donors (Lipinski definition) is 1. The average Bonchev–Trinajstić information content (AvgIpc) is 2.63. The Balaban J connectivity index is 1.58. The molecule has 0 aromatic carbocycles. The molecule has 0 aromatic heterocycles. The molecule has 2 aliphatic rings. The highest BCUT2D eigenvalue weighted by Gasteiger charge is 2.32. The van der Waals surface area contributed by atoms with E-state index in [1.807, 2.05) is 0 Å². The van der Waals surface area contributed by atoms with Gasteiger partial charge in [0.25, 0.3) is 0 Å². The van der Waals surface area contributed by atoms with E-state index < -0.39 is 0 Å². The van der Waals surface area contributed by atoms with Crippen LogP contribution >= 0.6 is 0 Å². The molecule has 0 aromatic rings. The Morgan fingerprint density at radius 1 is 1.47 bits per heavy atom. The van der Waals surface area contributed by atoms with Gasteiger partial charge in [0.2, 0.25) is 0 Å². The lowest BCUT2D eigenvalue weighted by Gasteiger charge is -2.39. The van der Waals surface area contributed by atoms with Crippen molar-refractivity contribution in [3.63, 3.8) is 0 Å². The van der Waals surface area contributed by atoms with Crippen LogP contribution in [0.1, 0.15) is 26.7 Å². The molecule has 2 saturated heterocycles. The molecule has 0 amide bonds. The zero-order chi connectivity index (χ0) is 10.7. The molecule has 1 atom stereocenters. The highest BCUT2D eigenvalue weighted by molar-refractivity contribution is 4.90. The molecule has 3 heteroatoms. The fourth-order valence-electron chi connectivity index (χ4n) is 2.45. The van der Waals surface area contributed by atoms with Crippen molar-refractivity contribution in [3.05, 3.63) is 0 Å². The number of rotatable bonds is 5. The summed E-state index contributed by atoms with van der Waals surface area (Å²) in [6, 6.07) is 0. The number of likely N-dealkylation sites (tertiary alicyclic amines) is 1. The van der Waals surface area contributed by atoms with Crippen molar-refractivity contribution in [2.75, 3.05) is 39.3 Å². The SMILES string of the molecule is CCC1CCN(CCOC2(C)CNC2)C1. The van der Waals surface area contributed by atoms with E-state index in [2.05, 4.69) is 24.1 Å². The van der Waals surface area contributed by atoms with Crippen LogP contribution < -0.4 is 5.32 Å². The second-order valence-corrected chi connectivity index (χ2v) is 5.27. The summed E-state index contributed by atoms with van der Waals surface area (Å²) < 4.78 is 5.89. The molecule has 15 heavy (non-hydrogen) atoms. The van der Waals surface area contributed by atoms with Crippen LogP contribution in [-0.2, 0) is 4.74 Å². The molecule has 2 fully saturated rings. The first-order valence-corrected chi connectivity index (χ1v) is 6.29. The fraction of sp³-hybridized carbons (Fsp3) is 1.00. The Morgan fingerprint density at radius 2 is 2.27 bits per heavy atom. The lowest BCUT2D eigenvalue weighted by molar-refractivity contribution is -0.0711. The minimum atomic E-state index is 0.129. The third kappa shape index (κ3) is 2.92. The smallest absolute Gasteiger partial charge is 0.0902 e. The molecule has 88 valence electrons. The van der Waals surface area contributed by atoms with Crippen LogP contribution in [0.15, 0.2) is 0 Å². The van der Waals surface area contributed by atoms with Crippen molar-refractivity contribution in [2.45, 2.75) is 32.3 Å². The lowest BCUT2D eigenvalue weighted by Crippen LogP contribution is -2.59. The van der Waals surface area contributed by atoms with E-state index in [4.69, 9.17) is 4.74 Å². The maximum absolute atomic E-state index is 5.89. The highest BCUT2D eigenvalue weighted by Crippen LogP contribution is 2.19. The van der Waals surface area contributed by atoms with E-state index >= 15 is 0 Å². The van der Waals surface area contributed by atoms with Crippen LogP contribution in [0.25, 0.3) is 0 Å². The van der Waals surface area contributed by atoms with E-state index in [1.165, 1.54) is 25.9 Å². The lowest BCUT2D eigenvalue weighted by atomic mass is 10.0. The zero-order valence-electron chi connectivity index (χ0n) is 10.1. The first kappa shape index (κ1) is 11.4. The first-order chi connectivity index (χ1) is 7.22. The summed E-state index contributed by atoms with van der Waals surface area (Å²) in [7, 11) is 0. The summed E-state index contributed by atoms with van der Waals surface area (Å²) in [6.07, 6.45) is 2.72. The van der Waals surface area contributed by atoms with E-state index in [0.717, 1.165) is 32.2 Å². The summed E-state index contributed by atoms with van der Waals surface area (Å²) >= 11 is 0. The van der Waals surface area contributed by atoms with Gasteiger partial charge in [-0.3, -0.25) is 0 Å². The molecular formula is C12H24N2O. The molecule has 0 bridgehead atoms. The standard InChI is InChI=1S/C12H24N2O/c1-3-11-4-5-14(8-11)6-7-15-12(2)9-13-10-12/h11,13H,3-10H2,1-2H3. The first-order valence-electron chi connectivity index (χ1n) is 6.29. The third-order valence-electron chi connectivity index (χ3n) is 3.80. The van der Waals surface area contributed by atoms with Crippen LogP contribution in [0.5, 0.6) is 0 Å². The molecule has 1 N–H and O–H groups in total. The summed E-state index contributed by atoms with van der Waals surface area (Å²) in [6.45, 7) is 11.1. The van der Waals surface area contributed by atoms with Gasteiger partial charge in [-0.2, -0.15) is 0 Å². The van der Waals surface area contributed by atoms with Gasteiger partial charge in [0, 0.05) is 26.2 Å².